The summed E-state index contributed by atoms with van der Waals surface area (Å²) >= 11 is 0. The van der Waals surface area contributed by atoms with Gasteiger partial charge in [0.05, 0.1) is 26.5 Å². The molecule has 18 heavy (non-hydrogen) atoms. The molecule has 5 heteroatoms. The fraction of sp³-hybridized carbons (Fsp3) is 0.231. The first kappa shape index (κ1) is 12.3. The molecule has 0 saturated heterocycles. The lowest BCUT2D eigenvalue weighted by Gasteiger charge is -2.16. The van der Waals surface area contributed by atoms with Gasteiger partial charge in [0.1, 0.15) is 11.5 Å². The predicted octanol–water partition coefficient (Wildman–Crippen LogP) is 1.54. The van der Waals surface area contributed by atoms with Crippen LogP contribution in [0, 0.1) is 0 Å². The van der Waals surface area contributed by atoms with Gasteiger partial charge in [-0.15, -0.1) is 0 Å². The van der Waals surface area contributed by atoms with Crippen molar-refractivity contribution >= 4 is 0 Å². The van der Waals surface area contributed by atoms with Crippen LogP contribution in [0.3, 0.4) is 0 Å². The summed E-state index contributed by atoms with van der Waals surface area (Å²) in [5.41, 5.74) is 7.96. The van der Waals surface area contributed by atoms with Crippen LogP contribution in [0.1, 0.15) is 17.2 Å². The monoisotopic (exact) mass is 245 g/mol. The zero-order valence-corrected chi connectivity index (χ0v) is 10.3. The highest BCUT2D eigenvalue weighted by Gasteiger charge is 2.15. The number of benzene rings is 1. The molecule has 1 heterocycles. The lowest BCUT2D eigenvalue weighted by molar-refractivity contribution is 0.390. The summed E-state index contributed by atoms with van der Waals surface area (Å²) in [6.45, 7) is 0. The van der Waals surface area contributed by atoms with E-state index in [0.29, 0.717) is 5.75 Å². The summed E-state index contributed by atoms with van der Waals surface area (Å²) < 4.78 is 10.5. The van der Waals surface area contributed by atoms with Crippen LogP contribution in [0.2, 0.25) is 0 Å². The van der Waals surface area contributed by atoms with Crippen LogP contribution >= 0.6 is 0 Å². The number of hydrogen-bond acceptors (Lipinski definition) is 5. The molecule has 0 spiro atoms. The third kappa shape index (κ3) is 2.41. The van der Waals surface area contributed by atoms with E-state index in [9.17, 15) is 0 Å². The van der Waals surface area contributed by atoms with Crippen LogP contribution in [-0.2, 0) is 0 Å². The van der Waals surface area contributed by atoms with Gasteiger partial charge in [0.15, 0.2) is 0 Å². The summed E-state index contributed by atoms with van der Waals surface area (Å²) in [5.74, 6) is 1.43. The van der Waals surface area contributed by atoms with Crippen molar-refractivity contribution in [2.45, 2.75) is 6.04 Å². The van der Waals surface area contributed by atoms with Crippen molar-refractivity contribution in [1.29, 1.82) is 0 Å². The van der Waals surface area contributed by atoms with Gasteiger partial charge in [0.2, 0.25) is 0 Å². The summed E-state index contributed by atoms with van der Waals surface area (Å²) in [6, 6.07) is 7.08. The summed E-state index contributed by atoms with van der Waals surface area (Å²) in [4.78, 5) is 0. The van der Waals surface area contributed by atoms with E-state index in [2.05, 4.69) is 10.2 Å². The molecule has 0 saturated carbocycles. The molecule has 0 aliphatic carbocycles. The van der Waals surface area contributed by atoms with E-state index < -0.39 is 0 Å². The minimum atomic E-state index is -0.304. The maximum absolute atomic E-state index is 6.20. The van der Waals surface area contributed by atoms with Gasteiger partial charge in [-0.2, -0.15) is 10.2 Å². The molecule has 2 rings (SSSR count). The maximum atomic E-state index is 6.20. The molecule has 0 fully saturated rings. The Labute approximate surface area is 106 Å². The molecule has 1 unspecified atom stereocenters. The lowest BCUT2D eigenvalue weighted by atomic mass is 10.0. The second-order valence-electron chi connectivity index (χ2n) is 3.76. The molecule has 5 nitrogen and oxygen atoms in total. The zero-order valence-electron chi connectivity index (χ0n) is 10.3. The average molecular weight is 245 g/mol. The van der Waals surface area contributed by atoms with Gasteiger partial charge in [0, 0.05) is 17.8 Å². The van der Waals surface area contributed by atoms with Gasteiger partial charge in [-0.05, 0) is 23.8 Å². The first-order valence-corrected chi connectivity index (χ1v) is 5.50. The van der Waals surface area contributed by atoms with Crippen LogP contribution in [0.4, 0.5) is 0 Å². The minimum Gasteiger partial charge on any atom is -0.497 e. The quantitative estimate of drug-likeness (QED) is 0.884. The Balaban J connectivity index is 2.38. The van der Waals surface area contributed by atoms with Crippen molar-refractivity contribution in [2.75, 3.05) is 14.2 Å². The lowest BCUT2D eigenvalue weighted by Crippen LogP contribution is -2.13. The van der Waals surface area contributed by atoms with Crippen LogP contribution < -0.4 is 15.2 Å². The van der Waals surface area contributed by atoms with Crippen LogP contribution in [-0.4, -0.2) is 24.4 Å². The third-order valence-electron chi connectivity index (χ3n) is 2.74. The summed E-state index contributed by atoms with van der Waals surface area (Å²) in [6.07, 6.45) is 3.26. The molecule has 0 bridgehead atoms. The van der Waals surface area contributed by atoms with Gasteiger partial charge in [0.25, 0.3) is 0 Å². The van der Waals surface area contributed by atoms with Gasteiger partial charge < -0.3 is 15.2 Å². The Morgan fingerprint density at radius 2 is 1.94 bits per heavy atom. The highest BCUT2D eigenvalue weighted by Crippen LogP contribution is 2.31. The van der Waals surface area contributed by atoms with E-state index in [1.807, 2.05) is 24.3 Å². The van der Waals surface area contributed by atoms with Crippen LogP contribution in [0.25, 0.3) is 0 Å². The fourth-order valence-electron chi connectivity index (χ4n) is 1.74. The minimum absolute atomic E-state index is 0.304. The molecule has 0 aliphatic heterocycles. The van der Waals surface area contributed by atoms with Crippen molar-refractivity contribution in [1.82, 2.24) is 10.2 Å². The van der Waals surface area contributed by atoms with E-state index in [-0.39, 0.29) is 6.04 Å². The second kappa shape index (κ2) is 5.46. The molecular formula is C13H15N3O2. The molecule has 0 amide bonds. The van der Waals surface area contributed by atoms with Gasteiger partial charge in [-0.25, -0.2) is 0 Å². The third-order valence-corrected chi connectivity index (χ3v) is 2.74. The standard InChI is InChI=1S/C13H15N3O2/c1-17-10-3-4-11(12(7-10)18-2)13(14)9-5-6-15-16-8-9/h3-8,13H,14H2,1-2H3. The van der Waals surface area contributed by atoms with Gasteiger partial charge >= 0.3 is 0 Å². The Hall–Kier alpha value is -2.14. The predicted molar refractivity (Wildman–Crippen MR) is 67.6 cm³/mol. The Morgan fingerprint density at radius 3 is 2.56 bits per heavy atom. The maximum Gasteiger partial charge on any atom is 0.127 e. The van der Waals surface area contributed by atoms with E-state index >= 15 is 0 Å². The van der Waals surface area contributed by atoms with Gasteiger partial charge in [-0.1, -0.05) is 0 Å². The Morgan fingerprint density at radius 1 is 1.11 bits per heavy atom. The number of rotatable bonds is 4. The molecule has 2 N–H and O–H groups in total. The number of nitrogens with zero attached hydrogens (tertiary/aromatic N) is 2. The number of methoxy groups -OCH3 is 2. The first-order chi connectivity index (χ1) is 8.76. The molecule has 0 radical (unpaired) electrons. The summed E-state index contributed by atoms with van der Waals surface area (Å²) in [5, 5.41) is 7.56. The molecule has 1 atom stereocenters. The number of nitrogens with two attached hydrogens (primary N) is 1. The first-order valence-electron chi connectivity index (χ1n) is 5.50. The second-order valence-corrected chi connectivity index (χ2v) is 3.76. The average Bonchev–Trinajstić information content (AvgIpc) is 2.46. The molecule has 1 aromatic heterocycles. The van der Waals surface area contributed by atoms with Crippen molar-refractivity contribution in [3.05, 3.63) is 47.8 Å². The highest BCUT2D eigenvalue weighted by molar-refractivity contribution is 5.45. The zero-order chi connectivity index (χ0) is 13.0. The van der Waals surface area contributed by atoms with Crippen molar-refractivity contribution in [3.63, 3.8) is 0 Å². The Kier molecular flexibility index (Phi) is 3.74. The van der Waals surface area contributed by atoms with E-state index in [0.717, 1.165) is 16.9 Å². The smallest absolute Gasteiger partial charge is 0.127 e. The number of ether oxygens (including phenoxy) is 2. The largest absolute Gasteiger partial charge is 0.497 e. The van der Waals surface area contributed by atoms with Crippen LogP contribution in [0.15, 0.2) is 36.7 Å². The molecule has 1 aromatic carbocycles. The molecule has 94 valence electrons. The number of aromatic nitrogens is 2. The molecular weight excluding hydrogens is 230 g/mol. The van der Waals surface area contributed by atoms with E-state index in [1.54, 1.807) is 26.6 Å². The van der Waals surface area contributed by atoms with E-state index in [1.165, 1.54) is 0 Å². The normalized spacial score (nSPS) is 11.9. The Bertz CT molecular complexity index is 517. The fourth-order valence-corrected chi connectivity index (χ4v) is 1.74. The SMILES string of the molecule is COc1ccc(C(N)c2ccnnc2)c(OC)c1. The van der Waals surface area contributed by atoms with Crippen molar-refractivity contribution in [3.8, 4) is 11.5 Å². The van der Waals surface area contributed by atoms with Gasteiger partial charge in [-0.3, -0.25) is 0 Å². The van der Waals surface area contributed by atoms with Crippen molar-refractivity contribution < 1.29 is 9.47 Å². The van der Waals surface area contributed by atoms with Crippen LogP contribution in [0.5, 0.6) is 11.5 Å². The topological polar surface area (TPSA) is 70.3 Å². The highest BCUT2D eigenvalue weighted by atomic mass is 16.5. The van der Waals surface area contributed by atoms with Crippen molar-refractivity contribution in [2.24, 2.45) is 5.73 Å². The molecule has 0 aliphatic rings. The van der Waals surface area contributed by atoms with E-state index in [4.69, 9.17) is 15.2 Å². The number of hydrogen-bond donors (Lipinski definition) is 1. The summed E-state index contributed by atoms with van der Waals surface area (Å²) in [7, 11) is 3.22. The molecule has 2 aromatic rings.